The molecule has 5 rings (SSSR count). The molecule has 3 N–H and O–H groups in total. The van der Waals surface area contributed by atoms with Gasteiger partial charge in [-0.3, -0.25) is 9.80 Å². The summed E-state index contributed by atoms with van der Waals surface area (Å²) in [4.78, 5) is 8.77. The summed E-state index contributed by atoms with van der Waals surface area (Å²) in [6.07, 6.45) is 1.04. The summed E-state index contributed by atoms with van der Waals surface area (Å²) >= 11 is 0. The number of nitrogens with one attached hydrogen (secondary N) is 3. The second-order valence-corrected chi connectivity index (χ2v) is 9.71. The lowest BCUT2D eigenvalue weighted by atomic mass is 10.0. The third kappa shape index (κ3) is 5.12. The van der Waals surface area contributed by atoms with Crippen molar-refractivity contribution in [3.8, 4) is 5.75 Å². The molecule has 1 aromatic carbocycles. The lowest BCUT2D eigenvalue weighted by molar-refractivity contribution is -0.140. The summed E-state index contributed by atoms with van der Waals surface area (Å²) in [5.74, 6) is 0.864. The monoisotopic (exact) mass is 464 g/mol. The molecule has 1 saturated carbocycles. The molecular formula is C23H31F3N6O. The van der Waals surface area contributed by atoms with E-state index >= 15 is 0 Å². The quantitative estimate of drug-likeness (QED) is 0.600. The zero-order valence-electron chi connectivity index (χ0n) is 19.0. The highest BCUT2D eigenvalue weighted by atomic mass is 19.4. The molecule has 1 aromatic rings. The van der Waals surface area contributed by atoms with Crippen LogP contribution in [-0.4, -0.2) is 66.3 Å². The number of rotatable bonds is 6. The van der Waals surface area contributed by atoms with Gasteiger partial charge < -0.3 is 15.5 Å². The Hall–Kier alpha value is -2.30. The van der Waals surface area contributed by atoms with Crippen LogP contribution in [0.3, 0.4) is 0 Å². The third-order valence-corrected chi connectivity index (χ3v) is 6.96. The Bertz CT molecular complexity index is 945. The second kappa shape index (κ2) is 8.48. The molecule has 33 heavy (non-hydrogen) atoms. The molecule has 1 aliphatic carbocycles. The molecule has 1 saturated heterocycles. The molecule has 0 amide bonds. The van der Waals surface area contributed by atoms with E-state index in [0.717, 1.165) is 35.5 Å². The van der Waals surface area contributed by atoms with Crippen LogP contribution >= 0.6 is 0 Å². The topological polar surface area (TPSA) is 64.2 Å². The Balaban J connectivity index is 1.25. The van der Waals surface area contributed by atoms with Crippen LogP contribution < -0.4 is 20.9 Å². The zero-order chi connectivity index (χ0) is 23.2. The fourth-order valence-electron chi connectivity index (χ4n) is 4.68. The van der Waals surface area contributed by atoms with Crippen molar-refractivity contribution in [2.45, 2.75) is 63.1 Å². The minimum Gasteiger partial charge on any atom is -0.488 e. The van der Waals surface area contributed by atoms with E-state index in [2.05, 4.69) is 45.1 Å². The number of fused-ring (bicyclic) bond motifs is 1. The average Bonchev–Trinajstić information content (AvgIpc) is 3.34. The number of hydrogen-bond acceptors (Lipinski definition) is 7. The average molecular weight is 465 g/mol. The van der Waals surface area contributed by atoms with Crippen LogP contribution in [0.25, 0.3) is 0 Å². The van der Waals surface area contributed by atoms with E-state index in [1.165, 1.54) is 0 Å². The van der Waals surface area contributed by atoms with Crippen molar-refractivity contribution in [3.63, 3.8) is 0 Å². The predicted molar refractivity (Wildman–Crippen MR) is 121 cm³/mol. The molecule has 0 bridgehead atoms. The molecule has 0 spiro atoms. The number of hydrogen-bond donors (Lipinski definition) is 3. The van der Waals surface area contributed by atoms with Gasteiger partial charge in [-0.25, -0.2) is 10.4 Å². The molecule has 0 aromatic heterocycles. The van der Waals surface area contributed by atoms with Gasteiger partial charge >= 0.3 is 6.18 Å². The largest absolute Gasteiger partial charge is 0.488 e. The molecule has 2 fully saturated rings. The highest BCUT2D eigenvalue weighted by molar-refractivity contribution is 5.64. The van der Waals surface area contributed by atoms with E-state index in [0.29, 0.717) is 19.6 Å². The van der Waals surface area contributed by atoms with Gasteiger partial charge in [-0.15, -0.1) is 0 Å². The fraction of sp³-hybridized carbons (Fsp3) is 0.609. The van der Waals surface area contributed by atoms with Crippen LogP contribution in [0.15, 0.2) is 35.0 Å². The highest BCUT2D eigenvalue weighted by Crippen LogP contribution is 2.42. The Morgan fingerprint density at radius 1 is 1.24 bits per heavy atom. The standard InChI is InChI=1S/C23H31F3N6O/c1-15-13-32(10-9-31(15)8-7-23(24,25)26)20-12-19(27-14-28-20)21-17-11-16(33-22(2)5-6-22)3-4-18(17)29-30-21/h3-4,11-12,14-15,20-21,29-30H,5-10,13H2,1-2H3,(H,27,28)/t15-,20+,21?/m0/s1. The summed E-state index contributed by atoms with van der Waals surface area (Å²) in [7, 11) is 0. The first-order chi connectivity index (χ1) is 15.7. The van der Waals surface area contributed by atoms with Gasteiger partial charge in [-0.05, 0) is 51.0 Å². The van der Waals surface area contributed by atoms with Gasteiger partial charge in [0.15, 0.2) is 0 Å². The van der Waals surface area contributed by atoms with Crippen molar-refractivity contribution >= 4 is 12.0 Å². The van der Waals surface area contributed by atoms with Crippen molar-refractivity contribution in [1.29, 1.82) is 0 Å². The Morgan fingerprint density at radius 3 is 2.79 bits per heavy atom. The summed E-state index contributed by atoms with van der Waals surface area (Å²) in [5, 5.41) is 3.30. The first-order valence-corrected chi connectivity index (χ1v) is 11.6. The molecule has 180 valence electrons. The number of nitrogens with zero attached hydrogens (tertiary/aromatic N) is 3. The van der Waals surface area contributed by atoms with Crippen LogP contribution in [0.1, 0.15) is 44.7 Å². The van der Waals surface area contributed by atoms with Crippen LogP contribution in [0.5, 0.6) is 5.75 Å². The second-order valence-electron chi connectivity index (χ2n) is 9.71. The van der Waals surface area contributed by atoms with Crippen molar-refractivity contribution < 1.29 is 17.9 Å². The molecule has 3 aliphatic heterocycles. The zero-order valence-corrected chi connectivity index (χ0v) is 19.0. The minimum absolute atomic E-state index is 0.0423. The van der Waals surface area contributed by atoms with E-state index in [-0.39, 0.29) is 30.4 Å². The van der Waals surface area contributed by atoms with Gasteiger partial charge in [0, 0.05) is 37.8 Å². The van der Waals surface area contributed by atoms with Crippen LogP contribution in [-0.2, 0) is 0 Å². The van der Waals surface area contributed by atoms with Crippen LogP contribution in [0.4, 0.5) is 18.9 Å². The highest BCUT2D eigenvalue weighted by Gasteiger charge is 2.40. The number of halogens is 3. The van der Waals surface area contributed by atoms with E-state index in [1.807, 2.05) is 24.0 Å². The molecule has 3 atom stereocenters. The minimum atomic E-state index is -4.12. The van der Waals surface area contributed by atoms with Crippen molar-refractivity contribution in [3.05, 3.63) is 35.5 Å². The van der Waals surface area contributed by atoms with Gasteiger partial charge in [0.2, 0.25) is 0 Å². The maximum Gasteiger partial charge on any atom is 0.390 e. The predicted octanol–water partition coefficient (Wildman–Crippen LogP) is 3.39. The van der Waals surface area contributed by atoms with Crippen molar-refractivity contribution in [1.82, 2.24) is 20.5 Å². The number of alkyl halides is 3. The molecule has 10 heteroatoms. The summed E-state index contributed by atoms with van der Waals surface area (Å²) in [6.45, 7) is 6.17. The lowest BCUT2D eigenvalue weighted by Gasteiger charge is -2.43. The van der Waals surface area contributed by atoms with Gasteiger partial charge in [0.25, 0.3) is 0 Å². The van der Waals surface area contributed by atoms with Gasteiger partial charge in [-0.2, -0.15) is 13.2 Å². The van der Waals surface area contributed by atoms with E-state index < -0.39 is 12.6 Å². The summed E-state index contributed by atoms with van der Waals surface area (Å²) < 4.78 is 44.0. The van der Waals surface area contributed by atoms with Gasteiger partial charge in [-0.1, -0.05) is 0 Å². The summed E-state index contributed by atoms with van der Waals surface area (Å²) in [6, 6.07) is 6.03. The Morgan fingerprint density at radius 2 is 2.06 bits per heavy atom. The maximum atomic E-state index is 12.6. The SMILES string of the molecule is C[C@H]1CN([C@@H]2C=C(C3NNc4ccc(OC5(C)CC5)cc43)N=CN2)CCN1CCC(F)(F)F. The normalized spacial score (nSPS) is 29.1. The Kier molecular flexibility index (Phi) is 5.78. The first kappa shape index (κ1) is 22.5. The van der Waals surface area contributed by atoms with Crippen molar-refractivity contribution in [2.24, 2.45) is 4.99 Å². The number of anilines is 1. The molecule has 0 radical (unpaired) electrons. The number of ether oxygens (including phenoxy) is 1. The molecule has 3 heterocycles. The molecular weight excluding hydrogens is 433 g/mol. The smallest absolute Gasteiger partial charge is 0.390 e. The van der Waals surface area contributed by atoms with E-state index in [4.69, 9.17) is 4.74 Å². The van der Waals surface area contributed by atoms with Crippen LogP contribution in [0, 0.1) is 0 Å². The number of benzene rings is 1. The molecule has 4 aliphatic rings. The maximum absolute atomic E-state index is 12.6. The van der Waals surface area contributed by atoms with E-state index in [9.17, 15) is 13.2 Å². The van der Waals surface area contributed by atoms with Gasteiger partial charge in [0.1, 0.15) is 17.5 Å². The van der Waals surface area contributed by atoms with Crippen LogP contribution in [0.2, 0.25) is 0 Å². The fourth-order valence-corrected chi connectivity index (χ4v) is 4.68. The molecule has 7 nitrogen and oxygen atoms in total. The van der Waals surface area contributed by atoms with E-state index in [1.54, 1.807) is 6.34 Å². The number of hydrazine groups is 1. The molecule has 1 unspecified atom stereocenters. The number of piperazine rings is 1. The van der Waals surface area contributed by atoms with Crippen molar-refractivity contribution in [2.75, 3.05) is 31.6 Å². The summed E-state index contributed by atoms with van der Waals surface area (Å²) in [5.41, 5.74) is 9.50. The lowest BCUT2D eigenvalue weighted by Crippen LogP contribution is -2.58. The third-order valence-electron chi connectivity index (χ3n) is 6.96. The Labute approximate surface area is 192 Å². The first-order valence-electron chi connectivity index (χ1n) is 11.6. The number of aliphatic imine (C=N–C) groups is 1. The van der Waals surface area contributed by atoms with Gasteiger partial charge in [0.05, 0.1) is 30.2 Å².